The molecule has 0 saturated carbocycles. The van der Waals surface area contributed by atoms with E-state index in [4.69, 9.17) is 5.73 Å². The summed E-state index contributed by atoms with van der Waals surface area (Å²) in [6.45, 7) is 0. The number of hydrogen-bond acceptors (Lipinski definition) is 4. The largest absolute Gasteiger partial charge is 0.322 e. The van der Waals surface area contributed by atoms with E-state index in [-0.39, 0.29) is 6.04 Å². The molecule has 0 saturated heterocycles. The van der Waals surface area contributed by atoms with Gasteiger partial charge in [-0.1, -0.05) is 12.1 Å². The molecule has 1 atom stereocenters. The number of fused-ring (bicyclic) bond motifs is 1. The van der Waals surface area contributed by atoms with Gasteiger partial charge in [-0.25, -0.2) is 4.98 Å². The third kappa shape index (κ3) is 2.49. The van der Waals surface area contributed by atoms with Crippen molar-refractivity contribution in [3.05, 3.63) is 50.1 Å². The molecule has 18 heavy (non-hydrogen) atoms. The number of benzene rings is 1. The Morgan fingerprint density at radius 1 is 1.33 bits per heavy atom. The van der Waals surface area contributed by atoms with E-state index in [0.717, 1.165) is 21.4 Å². The fourth-order valence-corrected chi connectivity index (χ4v) is 4.29. The normalized spacial score (nSPS) is 13.0. The van der Waals surface area contributed by atoms with Crippen molar-refractivity contribution in [1.29, 1.82) is 0 Å². The molecule has 1 aromatic carbocycles. The molecule has 5 heteroatoms. The minimum Gasteiger partial charge on any atom is -0.322 e. The van der Waals surface area contributed by atoms with Crippen molar-refractivity contribution in [3.8, 4) is 0 Å². The second kappa shape index (κ2) is 5.09. The maximum Gasteiger partial charge on any atom is 0.111 e. The molecular formula is C13H11BrN2S2. The van der Waals surface area contributed by atoms with Crippen molar-refractivity contribution in [2.24, 2.45) is 5.73 Å². The Labute approximate surface area is 122 Å². The van der Waals surface area contributed by atoms with E-state index < -0.39 is 0 Å². The predicted octanol–water partition coefficient (Wildman–Crippen LogP) is 4.36. The standard InChI is InChI=1S/C13H11BrN2S2/c14-8-5-9(17-7-8)6-10(15)13-16-11-3-1-2-4-12(11)18-13/h1-5,7,10H,6,15H2. The maximum atomic E-state index is 6.24. The van der Waals surface area contributed by atoms with Gasteiger partial charge in [0.1, 0.15) is 5.01 Å². The molecule has 2 N–H and O–H groups in total. The molecule has 0 aliphatic heterocycles. The zero-order valence-corrected chi connectivity index (χ0v) is 12.7. The third-order valence-electron chi connectivity index (χ3n) is 2.67. The number of para-hydroxylation sites is 1. The number of thiophene rings is 1. The van der Waals surface area contributed by atoms with Crippen LogP contribution in [0.2, 0.25) is 0 Å². The predicted molar refractivity (Wildman–Crippen MR) is 82.3 cm³/mol. The Balaban J connectivity index is 1.85. The highest BCUT2D eigenvalue weighted by molar-refractivity contribution is 9.10. The van der Waals surface area contributed by atoms with Crippen LogP contribution in [0.3, 0.4) is 0 Å². The van der Waals surface area contributed by atoms with Gasteiger partial charge < -0.3 is 5.73 Å². The lowest BCUT2D eigenvalue weighted by Gasteiger charge is -2.05. The van der Waals surface area contributed by atoms with Crippen LogP contribution in [0.25, 0.3) is 10.2 Å². The number of aromatic nitrogens is 1. The first-order chi connectivity index (χ1) is 8.72. The van der Waals surface area contributed by atoms with Gasteiger partial charge >= 0.3 is 0 Å². The molecule has 0 radical (unpaired) electrons. The van der Waals surface area contributed by atoms with Gasteiger partial charge in [-0.15, -0.1) is 22.7 Å². The second-order valence-electron chi connectivity index (χ2n) is 4.06. The first-order valence-corrected chi connectivity index (χ1v) is 8.05. The second-order valence-corrected chi connectivity index (χ2v) is 7.04. The molecule has 2 heterocycles. The van der Waals surface area contributed by atoms with E-state index in [2.05, 4.69) is 38.4 Å². The SMILES string of the molecule is NC(Cc1cc(Br)cs1)c1nc2ccccc2s1. The van der Waals surface area contributed by atoms with E-state index in [9.17, 15) is 0 Å². The summed E-state index contributed by atoms with van der Waals surface area (Å²) >= 11 is 6.88. The van der Waals surface area contributed by atoms with E-state index in [1.54, 1.807) is 22.7 Å². The van der Waals surface area contributed by atoms with E-state index >= 15 is 0 Å². The first-order valence-electron chi connectivity index (χ1n) is 5.56. The number of nitrogens with two attached hydrogens (primary N) is 1. The van der Waals surface area contributed by atoms with Crippen molar-refractivity contribution in [2.45, 2.75) is 12.5 Å². The molecule has 0 amide bonds. The molecule has 1 unspecified atom stereocenters. The molecule has 3 aromatic rings. The Bertz CT molecular complexity index is 641. The first kappa shape index (κ1) is 12.3. The summed E-state index contributed by atoms with van der Waals surface area (Å²) in [5, 5.41) is 3.10. The molecule has 92 valence electrons. The Kier molecular flexibility index (Phi) is 3.48. The summed E-state index contributed by atoms with van der Waals surface area (Å²) < 4.78 is 2.33. The van der Waals surface area contributed by atoms with Gasteiger partial charge in [0.25, 0.3) is 0 Å². The van der Waals surface area contributed by atoms with Gasteiger partial charge in [0, 0.05) is 21.2 Å². The number of halogens is 1. The van der Waals surface area contributed by atoms with Crippen molar-refractivity contribution in [2.75, 3.05) is 0 Å². The molecule has 0 spiro atoms. The van der Waals surface area contributed by atoms with E-state index in [0.29, 0.717) is 0 Å². The molecule has 0 fully saturated rings. The quantitative estimate of drug-likeness (QED) is 0.770. The van der Waals surface area contributed by atoms with Gasteiger partial charge in [-0.2, -0.15) is 0 Å². The average Bonchev–Trinajstić information content (AvgIpc) is 2.95. The fourth-order valence-electron chi connectivity index (χ4n) is 1.81. The Hall–Kier alpha value is -0.750. The van der Waals surface area contributed by atoms with Gasteiger partial charge in [-0.05, 0) is 34.1 Å². The van der Waals surface area contributed by atoms with Crippen LogP contribution in [0, 0.1) is 0 Å². The minimum absolute atomic E-state index is 0.0204. The van der Waals surface area contributed by atoms with E-state index in [1.165, 1.54) is 9.58 Å². The van der Waals surface area contributed by atoms with Crippen molar-refractivity contribution in [1.82, 2.24) is 4.98 Å². The lowest BCUT2D eigenvalue weighted by molar-refractivity contribution is 0.725. The van der Waals surface area contributed by atoms with Crippen molar-refractivity contribution in [3.63, 3.8) is 0 Å². The van der Waals surface area contributed by atoms with Crippen LogP contribution >= 0.6 is 38.6 Å². The van der Waals surface area contributed by atoms with Crippen molar-refractivity contribution >= 4 is 48.8 Å². The summed E-state index contributed by atoms with van der Waals surface area (Å²) in [5.41, 5.74) is 7.28. The highest BCUT2D eigenvalue weighted by Gasteiger charge is 2.13. The number of nitrogens with zero attached hydrogens (tertiary/aromatic N) is 1. The minimum atomic E-state index is -0.0204. The summed E-state index contributed by atoms with van der Waals surface area (Å²) in [6, 6.07) is 10.3. The van der Waals surface area contributed by atoms with Crippen LogP contribution in [0.1, 0.15) is 15.9 Å². The van der Waals surface area contributed by atoms with Crippen LogP contribution in [0.4, 0.5) is 0 Å². The van der Waals surface area contributed by atoms with Gasteiger partial charge in [0.2, 0.25) is 0 Å². The summed E-state index contributed by atoms with van der Waals surface area (Å²) in [6.07, 6.45) is 0.843. The molecule has 0 aliphatic rings. The van der Waals surface area contributed by atoms with Crippen molar-refractivity contribution < 1.29 is 0 Å². The third-order valence-corrected chi connectivity index (χ3v) is 5.56. The molecule has 3 rings (SSSR count). The highest BCUT2D eigenvalue weighted by Crippen LogP contribution is 2.29. The highest BCUT2D eigenvalue weighted by atomic mass is 79.9. The van der Waals surface area contributed by atoms with Gasteiger partial charge in [-0.3, -0.25) is 0 Å². The number of rotatable bonds is 3. The Morgan fingerprint density at radius 2 is 2.17 bits per heavy atom. The maximum absolute atomic E-state index is 6.24. The van der Waals surface area contributed by atoms with Crippen LogP contribution < -0.4 is 5.73 Å². The summed E-state index contributed by atoms with van der Waals surface area (Å²) in [7, 11) is 0. The smallest absolute Gasteiger partial charge is 0.111 e. The molecule has 0 aliphatic carbocycles. The lowest BCUT2D eigenvalue weighted by Crippen LogP contribution is -2.12. The van der Waals surface area contributed by atoms with Crippen LogP contribution in [-0.4, -0.2) is 4.98 Å². The van der Waals surface area contributed by atoms with Crippen LogP contribution in [0.5, 0.6) is 0 Å². The van der Waals surface area contributed by atoms with Gasteiger partial charge in [0.15, 0.2) is 0 Å². The van der Waals surface area contributed by atoms with Crippen LogP contribution in [0.15, 0.2) is 40.2 Å². The lowest BCUT2D eigenvalue weighted by atomic mass is 10.2. The number of thiazole rings is 1. The van der Waals surface area contributed by atoms with E-state index in [1.807, 2.05) is 18.2 Å². The fraction of sp³-hybridized carbons (Fsp3) is 0.154. The Morgan fingerprint density at radius 3 is 2.89 bits per heavy atom. The monoisotopic (exact) mass is 338 g/mol. The average molecular weight is 339 g/mol. The van der Waals surface area contributed by atoms with Gasteiger partial charge in [0.05, 0.1) is 16.3 Å². The summed E-state index contributed by atoms with van der Waals surface area (Å²) in [4.78, 5) is 5.89. The zero-order chi connectivity index (χ0) is 12.5. The number of hydrogen-bond donors (Lipinski definition) is 1. The molecule has 0 bridgehead atoms. The topological polar surface area (TPSA) is 38.9 Å². The summed E-state index contributed by atoms with van der Waals surface area (Å²) in [5.74, 6) is 0. The molecular weight excluding hydrogens is 328 g/mol. The molecule has 2 nitrogen and oxygen atoms in total. The molecule has 2 aromatic heterocycles. The zero-order valence-electron chi connectivity index (χ0n) is 9.47. The van der Waals surface area contributed by atoms with Crippen LogP contribution in [-0.2, 0) is 6.42 Å².